The smallest absolute Gasteiger partial charge is 0.116 e. The molecule has 1 heterocycles. The summed E-state index contributed by atoms with van der Waals surface area (Å²) in [6.07, 6.45) is 9.39. The third kappa shape index (κ3) is 1.48. The number of nitrogens with zero attached hydrogens (tertiary/aromatic N) is 2. The first-order chi connectivity index (χ1) is 6.43. The van der Waals surface area contributed by atoms with E-state index in [2.05, 4.69) is 22.1 Å². The average molecular weight is 174 g/mol. The Kier molecular flexibility index (Phi) is 2.13. The van der Waals surface area contributed by atoms with Crippen molar-refractivity contribution in [2.45, 2.75) is 20.3 Å². The molecule has 1 aromatic rings. The number of fused-ring (bicyclic) bond motifs is 2. The van der Waals surface area contributed by atoms with Gasteiger partial charge in [0.1, 0.15) is 6.33 Å². The molecular formula is C11H14N2. The zero-order valence-corrected chi connectivity index (χ0v) is 8.07. The van der Waals surface area contributed by atoms with Crippen molar-refractivity contribution in [1.82, 2.24) is 9.97 Å². The van der Waals surface area contributed by atoms with Gasteiger partial charge in [-0.15, -0.1) is 0 Å². The minimum Gasteiger partial charge on any atom is -0.244 e. The third-order valence-corrected chi connectivity index (χ3v) is 2.43. The first-order valence-electron chi connectivity index (χ1n) is 4.93. The van der Waals surface area contributed by atoms with E-state index in [0.29, 0.717) is 0 Å². The lowest BCUT2D eigenvalue weighted by Gasteiger charge is -1.94. The van der Waals surface area contributed by atoms with Gasteiger partial charge in [0.15, 0.2) is 0 Å². The molecule has 68 valence electrons. The second-order valence-electron chi connectivity index (χ2n) is 3.26. The summed E-state index contributed by atoms with van der Waals surface area (Å²) in [6, 6.07) is 0. The Bertz CT molecular complexity index is 369. The van der Waals surface area contributed by atoms with E-state index in [9.17, 15) is 0 Å². The number of aromatic nitrogens is 2. The molecule has 1 saturated carbocycles. The molecule has 1 fully saturated rings. The lowest BCUT2D eigenvalue weighted by atomic mass is 10.2. The molecule has 13 heavy (non-hydrogen) atoms. The van der Waals surface area contributed by atoms with Crippen molar-refractivity contribution in [3.05, 3.63) is 23.1 Å². The van der Waals surface area contributed by atoms with Crippen LogP contribution in [-0.2, 0) is 0 Å². The maximum Gasteiger partial charge on any atom is 0.116 e. The van der Waals surface area contributed by atoms with E-state index >= 15 is 0 Å². The highest BCUT2D eigenvalue weighted by atomic mass is 14.8. The van der Waals surface area contributed by atoms with E-state index in [1.165, 1.54) is 11.6 Å². The van der Waals surface area contributed by atoms with E-state index in [1.54, 1.807) is 6.33 Å². The first-order valence-corrected chi connectivity index (χ1v) is 4.93. The second kappa shape index (κ2) is 3.29. The van der Waals surface area contributed by atoms with Gasteiger partial charge in [-0.25, -0.2) is 9.97 Å². The highest BCUT2D eigenvalue weighted by molar-refractivity contribution is 5.47. The van der Waals surface area contributed by atoms with E-state index < -0.39 is 0 Å². The third-order valence-electron chi connectivity index (χ3n) is 2.43. The molecule has 0 aromatic carbocycles. The molecule has 2 aliphatic rings. The van der Waals surface area contributed by atoms with Crippen LogP contribution in [0.1, 0.15) is 20.3 Å². The van der Waals surface area contributed by atoms with Gasteiger partial charge in [0.25, 0.3) is 0 Å². The van der Waals surface area contributed by atoms with Gasteiger partial charge in [-0.3, -0.25) is 0 Å². The van der Waals surface area contributed by atoms with Crippen LogP contribution in [0.4, 0.5) is 0 Å². The fourth-order valence-electron chi connectivity index (χ4n) is 1.67. The molecule has 0 N–H and O–H groups in total. The zero-order valence-electron chi connectivity index (χ0n) is 8.07. The van der Waals surface area contributed by atoms with Gasteiger partial charge in [0.2, 0.25) is 0 Å². The standard InChI is InChI=1S/C9H8N2.C2H6/c1-6-2-8-4-10-5-11-9(8)3-7(1)6;1-2/h2-7H,1H2;1-2H3. The number of hydrogen-bond acceptors (Lipinski definition) is 2. The van der Waals surface area contributed by atoms with Crippen LogP contribution in [0.5, 0.6) is 0 Å². The summed E-state index contributed by atoms with van der Waals surface area (Å²) in [5, 5.41) is 2.34. The fourth-order valence-corrected chi connectivity index (χ4v) is 1.67. The van der Waals surface area contributed by atoms with Crippen molar-refractivity contribution in [1.29, 1.82) is 0 Å². The molecule has 2 nitrogen and oxygen atoms in total. The van der Waals surface area contributed by atoms with E-state index in [1.807, 2.05) is 20.0 Å². The predicted octanol–water partition coefficient (Wildman–Crippen LogP) is 0.713. The largest absolute Gasteiger partial charge is 0.244 e. The highest BCUT2D eigenvalue weighted by Crippen LogP contribution is 2.41. The van der Waals surface area contributed by atoms with Gasteiger partial charge in [-0.1, -0.05) is 26.0 Å². The summed E-state index contributed by atoms with van der Waals surface area (Å²) >= 11 is 0. The molecule has 2 aliphatic carbocycles. The summed E-state index contributed by atoms with van der Waals surface area (Å²) in [6.45, 7) is 4.00. The molecule has 2 heteroatoms. The monoisotopic (exact) mass is 174 g/mol. The molecule has 2 atom stereocenters. The maximum absolute atomic E-state index is 4.20. The van der Waals surface area contributed by atoms with Crippen LogP contribution in [0.3, 0.4) is 0 Å². The lowest BCUT2D eigenvalue weighted by molar-refractivity contribution is 1.01. The van der Waals surface area contributed by atoms with Gasteiger partial charge >= 0.3 is 0 Å². The SMILES string of the molecule is C1=c2cncnc2=CC2CC12.CC. The highest BCUT2D eigenvalue weighted by Gasteiger charge is 2.34. The summed E-state index contributed by atoms with van der Waals surface area (Å²) in [7, 11) is 0. The molecular weight excluding hydrogens is 160 g/mol. The number of rotatable bonds is 0. The van der Waals surface area contributed by atoms with E-state index in [-0.39, 0.29) is 0 Å². The Labute approximate surface area is 78.0 Å². The number of hydrogen-bond donors (Lipinski definition) is 0. The van der Waals surface area contributed by atoms with Crippen LogP contribution < -0.4 is 10.6 Å². The van der Waals surface area contributed by atoms with Crippen molar-refractivity contribution in [2.24, 2.45) is 11.8 Å². The fraction of sp³-hybridized carbons (Fsp3) is 0.455. The van der Waals surface area contributed by atoms with Crippen LogP contribution in [0.15, 0.2) is 12.5 Å². The molecule has 3 rings (SSSR count). The Morgan fingerprint density at radius 2 is 2.00 bits per heavy atom. The lowest BCUT2D eigenvalue weighted by Crippen LogP contribution is -2.30. The molecule has 0 saturated heterocycles. The summed E-state index contributed by atoms with van der Waals surface area (Å²) < 4.78 is 0. The van der Waals surface area contributed by atoms with Crippen LogP contribution in [0.2, 0.25) is 0 Å². The Morgan fingerprint density at radius 3 is 2.85 bits per heavy atom. The molecule has 1 aromatic heterocycles. The van der Waals surface area contributed by atoms with Crippen LogP contribution in [-0.4, -0.2) is 9.97 Å². The van der Waals surface area contributed by atoms with Crippen molar-refractivity contribution in [3.63, 3.8) is 0 Å². The predicted molar refractivity (Wildman–Crippen MR) is 53.2 cm³/mol. The molecule has 2 unspecified atom stereocenters. The van der Waals surface area contributed by atoms with E-state index in [4.69, 9.17) is 0 Å². The molecule has 0 amide bonds. The van der Waals surface area contributed by atoms with Gasteiger partial charge in [0, 0.05) is 11.4 Å². The molecule has 0 radical (unpaired) electrons. The van der Waals surface area contributed by atoms with Crippen molar-refractivity contribution >= 4 is 12.2 Å². The Hall–Kier alpha value is -1.18. The average Bonchev–Trinajstić information content (AvgIpc) is 2.95. The zero-order chi connectivity index (χ0) is 9.26. The van der Waals surface area contributed by atoms with Crippen molar-refractivity contribution in [2.75, 3.05) is 0 Å². The van der Waals surface area contributed by atoms with E-state index in [0.717, 1.165) is 17.2 Å². The summed E-state index contributed by atoms with van der Waals surface area (Å²) in [5.41, 5.74) is 0. The quantitative estimate of drug-likeness (QED) is 0.579. The Balaban J connectivity index is 0.000000308. The van der Waals surface area contributed by atoms with Gasteiger partial charge < -0.3 is 0 Å². The van der Waals surface area contributed by atoms with Gasteiger partial charge in [-0.2, -0.15) is 0 Å². The second-order valence-corrected chi connectivity index (χ2v) is 3.26. The van der Waals surface area contributed by atoms with Crippen molar-refractivity contribution in [3.8, 4) is 0 Å². The molecule has 0 aliphatic heterocycles. The first kappa shape index (κ1) is 8.42. The normalized spacial score (nSPS) is 26.6. The van der Waals surface area contributed by atoms with Crippen molar-refractivity contribution < 1.29 is 0 Å². The minimum atomic E-state index is 0.789. The summed E-state index contributed by atoms with van der Waals surface area (Å²) in [5.74, 6) is 1.59. The van der Waals surface area contributed by atoms with Crippen LogP contribution >= 0.6 is 0 Å². The van der Waals surface area contributed by atoms with Gasteiger partial charge in [-0.05, 0) is 18.3 Å². The topological polar surface area (TPSA) is 25.8 Å². The maximum atomic E-state index is 4.20. The Morgan fingerprint density at radius 1 is 1.23 bits per heavy atom. The van der Waals surface area contributed by atoms with Crippen LogP contribution in [0.25, 0.3) is 12.2 Å². The van der Waals surface area contributed by atoms with Gasteiger partial charge in [0.05, 0.1) is 5.35 Å². The van der Waals surface area contributed by atoms with Crippen LogP contribution in [0, 0.1) is 11.8 Å². The summed E-state index contributed by atoms with van der Waals surface area (Å²) in [4.78, 5) is 8.19. The molecule has 0 bridgehead atoms. The molecule has 0 spiro atoms. The minimum absolute atomic E-state index is 0.789.